The Labute approximate surface area is 305 Å². The van der Waals surface area contributed by atoms with Crippen LogP contribution in [-0.2, 0) is 25.5 Å². The van der Waals surface area contributed by atoms with Gasteiger partial charge in [-0.2, -0.15) is 0 Å². The Morgan fingerprint density at radius 2 is 1.22 bits per heavy atom. The fourth-order valence-corrected chi connectivity index (χ4v) is 6.52. The topological polar surface area (TPSA) is 105 Å². The quantitative estimate of drug-likeness (QED) is 0.169. The standard InChI is InChI=1S/C18H19Cl2NO4.C13H6Cl6O2/c1-5-25-18(23)14-10(3)21-9(2)13(17(22)24-4)15(14)11-7-6-8-12(19)16(11)20;14-6-2-8(16)12(20)4(10(6)18)1-5-11(19)7(15)3-9(17)13(5)21/h6-8,15,21H,5H2,1-4H3;2-3,20-21H,1H2. The Morgan fingerprint density at radius 1 is 0.739 bits per heavy atom. The zero-order valence-electron chi connectivity index (χ0n) is 24.4. The summed E-state index contributed by atoms with van der Waals surface area (Å²) in [7, 11) is 1.29. The first kappa shape index (κ1) is 38.2. The van der Waals surface area contributed by atoms with Crippen LogP contribution in [0, 0.1) is 0 Å². The predicted molar refractivity (Wildman–Crippen MR) is 185 cm³/mol. The van der Waals surface area contributed by atoms with Crippen LogP contribution in [0.2, 0.25) is 40.2 Å². The second kappa shape index (κ2) is 16.3. The first-order valence-corrected chi connectivity index (χ1v) is 16.2. The van der Waals surface area contributed by atoms with Crippen molar-refractivity contribution < 1.29 is 29.3 Å². The zero-order chi connectivity index (χ0) is 34.6. The fraction of sp³-hybridized carbons (Fsp3) is 0.226. The van der Waals surface area contributed by atoms with E-state index in [1.165, 1.54) is 19.2 Å². The minimum atomic E-state index is -0.737. The molecule has 1 heterocycles. The fourth-order valence-electron chi connectivity index (χ4n) is 4.68. The lowest BCUT2D eigenvalue weighted by Gasteiger charge is -2.30. The van der Waals surface area contributed by atoms with Gasteiger partial charge in [-0.1, -0.05) is 105 Å². The molecule has 1 unspecified atom stereocenters. The number of phenols is 2. The number of dihydropyridines is 1. The van der Waals surface area contributed by atoms with Crippen LogP contribution in [0.25, 0.3) is 0 Å². The van der Waals surface area contributed by atoms with E-state index in [0.717, 1.165) is 0 Å². The van der Waals surface area contributed by atoms with E-state index < -0.39 is 17.9 Å². The molecular weight excluding hydrogens is 766 g/mol. The highest BCUT2D eigenvalue weighted by Crippen LogP contribution is 2.45. The number of phenolic OH excluding ortho intramolecular Hbond substituents is 2. The van der Waals surface area contributed by atoms with Crippen molar-refractivity contribution in [1.29, 1.82) is 0 Å². The highest BCUT2D eigenvalue weighted by Gasteiger charge is 2.39. The maximum absolute atomic E-state index is 12.6. The summed E-state index contributed by atoms with van der Waals surface area (Å²) in [5.74, 6) is -2.32. The number of methoxy groups -OCH3 is 1. The molecule has 0 bridgehead atoms. The van der Waals surface area contributed by atoms with Gasteiger partial charge in [-0.05, 0) is 44.5 Å². The van der Waals surface area contributed by atoms with Crippen molar-refractivity contribution in [2.45, 2.75) is 33.1 Å². The molecule has 4 rings (SSSR count). The molecule has 15 heteroatoms. The number of ether oxygens (including phenoxy) is 2. The summed E-state index contributed by atoms with van der Waals surface area (Å²) in [6.45, 7) is 5.41. The Balaban J connectivity index is 0.000000254. The number of benzene rings is 3. The van der Waals surface area contributed by atoms with Crippen LogP contribution in [0.5, 0.6) is 11.5 Å². The molecule has 1 aliphatic heterocycles. The number of carbonyl (C=O) groups is 2. The van der Waals surface area contributed by atoms with Crippen molar-refractivity contribution in [2.75, 3.05) is 13.7 Å². The Kier molecular flexibility index (Phi) is 13.5. The van der Waals surface area contributed by atoms with Gasteiger partial charge in [0.1, 0.15) is 11.5 Å². The number of esters is 2. The number of carbonyl (C=O) groups excluding carboxylic acids is 2. The maximum atomic E-state index is 12.6. The number of allylic oxidation sites excluding steroid dienone is 2. The Hall–Kier alpha value is -2.20. The van der Waals surface area contributed by atoms with E-state index >= 15 is 0 Å². The van der Waals surface area contributed by atoms with E-state index in [1.807, 2.05) is 0 Å². The number of aromatic hydroxyl groups is 2. The number of rotatable bonds is 6. The van der Waals surface area contributed by atoms with Crippen LogP contribution in [0.4, 0.5) is 0 Å². The van der Waals surface area contributed by atoms with Crippen molar-refractivity contribution in [2.24, 2.45) is 0 Å². The molecule has 1 atom stereocenters. The van der Waals surface area contributed by atoms with Crippen molar-refractivity contribution in [3.63, 3.8) is 0 Å². The van der Waals surface area contributed by atoms with E-state index in [4.69, 9.17) is 102 Å². The number of hydrogen-bond donors (Lipinski definition) is 3. The van der Waals surface area contributed by atoms with Gasteiger partial charge in [0, 0.05) is 28.9 Å². The van der Waals surface area contributed by atoms with E-state index in [1.54, 1.807) is 39.0 Å². The summed E-state index contributed by atoms with van der Waals surface area (Å²) in [6.07, 6.45) is -0.0457. The van der Waals surface area contributed by atoms with Crippen LogP contribution in [-0.4, -0.2) is 35.9 Å². The molecule has 3 N–H and O–H groups in total. The molecule has 46 heavy (non-hydrogen) atoms. The smallest absolute Gasteiger partial charge is 0.336 e. The van der Waals surface area contributed by atoms with Gasteiger partial charge < -0.3 is 25.0 Å². The van der Waals surface area contributed by atoms with Crippen LogP contribution >= 0.6 is 92.8 Å². The third-order valence-corrected chi connectivity index (χ3v) is 9.85. The van der Waals surface area contributed by atoms with E-state index in [-0.39, 0.29) is 70.8 Å². The summed E-state index contributed by atoms with van der Waals surface area (Å²) in [5.41, 5.74) is 2.73. The van der Waals surface area contributed by atoms with Crippen LogP contribution in [0.15, 0.2) is 52.9 Å². The lowest BCUT2D eigenvalue weighted by atomic mass is 9.80. The summed E-state index contributed by atoms with van der Waals surface area (Å²) in [6, 6.07) is 7.72. The molecule has 0 fully saturated rings. The van der Waals surface area contributed by atoms with Gasteiger partial charge in [-0.25, -0.2) is 9.59 Å². The molecule has 0 radical (unpaired) electrons. The molecule has 0 spiro atoms. The minimum absolute atomic E-state index is 0.0307. The predicted octanol–water partition coefficient (Wildman–Crippen LogP) is 10.6. The minimum Gasteiger partial charge on any atom is -0.506 e. The molecule has 0 saturated heterocycles. The molecule has 0 saturated carbocycles. The highest BCUT2D eigenvalue weighted by molar-refractivity contribution is 6.45. The molecule has 0 aliphatic carbocycles. The lowest BCUT2D eigenvalue weighted by molar-refractivity contribution is -0.139. The molecular formula is C31H25Cl8NO6. The monoisotopic (exact) mass is 787 g/mol. The Morgan fingerprint density at radius 3 is 1.67 bits per heavy atom. The molecule has 7 nitrogen and oxygen atoms in total. The van der Waals surface area contributed by atoms with Gasteiger partial charge in [-0.3, -0.25) is 0 Å². The third-order valence-electron chi connectivity index (χ3n) is 6.79. The van der Waals surface area contributed by atoms with Crippen LogP contribution in [0.1, 0.15) is 43.4 Å². The Bertz CT molecular complexity index is 1660. The lowest BCUT2D eigenvalue weighted by Crippen LogP contribution is -2.32. The summed E-state index contributed by atoms with van der Waals surface area (Å²) in [5, 5.41) is 24.3. The number of hydrogen-bond acceptors (Lipinski definition) is 7. The zero-order valence-corrected chi connectivity index (χ0v) is 30.5. The summed E-state index contributed by atoms with van der Waals surface area (Å²) >= 11 is 48.2. The molecule has 246 valence electrons. The molecule has 1 aliphatic rings. The summed E-state index contributed by atoms with van der Waals surface area (Å²) < 4.78 is 10.1. The van der Waals surface area contributed by atoms with Crippen LogP contribution in [0.3, 0.4) is 0 Å². The molecule has 3 aromatic carbocycles. The van der Waals surface area contributed by atoms with Crippen molar-refractivity contribution >= 4 is 105 Å². The molecule has 0 aromatic heterocycles. The largest absolute Gasteiger partial charge is 0.506 e. The first-order chi connectivity index (χ1) is 21.6. The van der Waals surface area contributed by atoms with E-state index in [2.05, 4.69) is 5.32 Å². The van der Waals surface area contributed by atoms with Crippen LogP contribution < -0.4 is 5.32 Å². The van der Waals surface area contributed by atoms with Gasteiger partial charge in [0.15, 0.2) is 0 Å². The maximum Gasteiger partial charge on any atom is 0.336 e. The second-order valence-corrected chi connectivity index (χ2v) is 12.8. The number of nitrogens with one attached hydrogen (secondary N) is 1. The van der Waals surface area contributed by atoms with Crippen molar-refractivity contribution in [1.82, 2.24) is 5.32 Å². The van der Waals surface area contributed by atoms with Gasteiger partial charge in [0.05, 0.1) is 71.0 Å². The normalized spacial score (nSPS) is 14.4. The first-order valence-electron chi connectivity index (χ1n) is 13.2. The summed E-state index contributed by atoms with van der Waals surface area (Å²) in [4.78, 5) is 25.0. The molecule has 3 aromatic rings. The van der Waals surface area contributed by atoms with E-state index in [9.17, 15) is 19.8 Å². The average Bonchev–Trinajstić information content (AvgIpc) is 3.00. The SMILES string of the molecule is CCOC(=O)C1=C(C)NC(C)=C(C(=O)OC)C1c1cccc(Cl)c1Cl.Oc1c(Cl)cc(Cl)c(Cl)c1Cc1c(O)c(Cl)cc(Cl)c1Cl. The van der Waals surface area contributed by atoms with Crippen molar-refractivity contribution in [3.8, 4) is 11.5 Å². The third kappa shape index (κ3) is 8.08. The van der Waals surface area contributed by atoms with Gasteiger partial charge in [0.25, 0.3) is 0 Å². The average molecular weight is 791 g/mol. The number of halogens is 8. The van der Waals surface area contributed by atoms with Gasteiger partial charge in [0.2, 0.25) is 0 Å². The second-order valence-electron chi connectivity index (χ2n) is 9.63. The van der Waals surface area contributed by atoms with Gasteiger partial charge >= 0.3 is 11.9 Å². The van der Waals surface area contributed by atoms with E-state index in [0.29, 0.717) is 33.1 Å². The van der Waals surface area contributed by atoms with Gasteiger partial charge in [-0.15, -0.1) is 0 Å². The molecule has 0 amide bonds. The highest BCUT2D eigenvalue weighted by atomic mass is 35.5. The van der Waals surface area contributed by atoms with Crippen molar-refractivity contribution in [3.05, 3.63) is 110 Å².